The second-order valence-corrected chi connectivity index (χ2v) is 8.05. The fourth-order valence-corrected chi connectivity index (χ4v) is 3.98. The van der Waals surface area contributed by atoms with Gasteiger partial charge < -0.3 is 24.8 Å². The summed E-state index contributed by atoms with van der Waals surface area (Å²) in [5.41, 5.74) is 2.52. The minimum absolute atomic E-state index is 0.0377. The largest absolute Gasteiger partial charge is 0.495 e. The summed E-state index contributed by atoms with van der Waals surface area (Å²) in [6, 6.07) is 11.6. The number of methoxy groups -OCH3 is 1. The summed E-state index contributed by atoms with van der Waals surface area (Å²) in [5.74, 6) is 2.00. The number of anilines is 2. The average Bonchev–Trinajstić information content (AvgIpc) is 3.34. The summed E-state index contributed by atoms with van der Waals surface area (Å²) in [4.78, 5) is 23.3. The second-order valence-electron chi connectivity index (χ2n) is 8.05. The fourth-order valence-electron chi connectivity index (χ4n) is 3.98. The maximum absolute atomic E-state index is 12.0. The van der Waals surface area contributed by atoms with Gasteiger partial charge in [-0.15, -0.1) is 0 Å². The highest BCUT2D eigenvalue weighted by atomic mass is 16.5. The fraction of sp³-hybridized carbons (Fsp3) is 0.333. The number of rotatable bonds is 7. The molecule has 4 rings (SSSR count). The van der Waals surface area contributed by atoms with Crippen LogP contribution in [0.4, 0.5) is 11.6 Å². The predicted octanol–water partition coefficient (Wildman–Crippen LogP) is 3.08. The lowest BCUT2D eigenvalue weighted by Gasteiger charge is -2.29. The topological polar surface area (TPSA) is 108 Å². The van der Waals surface area contributed by atoms with Crippen LogP contribution >= 0.6 is 0 Å². The Morgan fingerprint density at radius 1 is 1.27 bits per heavy atom. The molecule has 0 spiro atoms. The first-order valence-corrected chi connectivity index (χ1v) is 10.9. The first-order chi connectivity index (χ1) is 16.1. The summed E-state index contributed by atoms with van der Waals surface area (Å²) < 4.78 is 7.38. The van der Waals surface area contributed by atoms with Crippen LogP contribution in [0.3, 0.4) is 0 Å². The third kappa shape index (κ3) is 5.30. The number of nitrogens with zero attached hydrogens (tertiary/aromatic N) is 5. The molecular formula is C24H27N7O2. The number of piperidine rings is 1. The Kier molecular flexibility index (Phi) is 6.86. The summed E-state index contributed by atoms with van der Waals surface area (Å²) in [5, 5.41) is 14.4. The van der Waals surface area contributed by atoms with Crippen molar-refractivity contribution in [2.75, 3.05) is 39.1 Å². The highest BCUT2D eigenvalue weighted by molar-refractivity contribution is 5.94. The summed E-state index contributed by atoms with van der Waals surface area (Å²) in [6.07, 6.45) is 7.34. The molecule has 2 N–H and O–H groups in total. The van der Waals surface area contributed by atoms with E-state index in [-0.39, 0.29) is 12.5 Å². The van der Waals surface area contributed by atoms with Crippen LogP contribution in [0.5, 0.6) is 5.75 Å². The molecule has 1 amide bonds. The molecular weight excluding hydrogens is 418 g/mol. The highest BCUT2D eigenvalue weighted by Gasteiger charge is 2.20. The zero-order valence-electron chi connectivity index (χ0n) is 18.8. The number of nitriles is 1. The lowest BCUT2D eigenvalue weighted by atomic mass is 9.89. The molecule has 2 aromatic heterocycles. The van der Waals surface area contributed by atoms with E-state index in [0.29, 0.717) is 23.2 Å². The molecule has 0 radical (unpaired) electrons. The normalized spacial score (nSPS) is 14.5. The van der Waals surface area contributed by atoms with E-state index < -0.39 is 0 Å². The van der Waals surface area contributed by atoms with Crippen molar-refractivity contribution in [3.05, 3.63) is 60.0 Å². The van der Waals surface area contributed by atoms with Crippen molar-refractivity contribution in [3.63, 3.8) is 0 Å². The highest BCUT2D eigenvalue weighted by Crippen LogP contribution is 2.34. The molecule has 0 atom stereocenters. The standard InChI is InChI=1S/C24H27N7O2/c1-30-12-6-17(7-13-30)18-3-4-20(21(15-18)33-2)28-24-27-10-5-22(29-24)31-14-8-19(16-31)23(32)26-11-9-25/h3-5,8,10,14-17H,6-7,11-13H2,1-2H3,(H,26,32)(H,27,28,29). The van der Waals surface area contributed by atoms with E-state index in [0.717, 1.165) is 37.4 Å². The zero-order valence-corrected chi connectivity index (χ0v) is 18.8. The number of carbonyl (C=O) groups is 1. The number of nitrogens with one attached hydrogen (secondary N) is 2. The zero-order chi connectivity index (χ0) is 23.2. The van der Waals surface area contributed by atoms with Crippen molar-refractivity contribution in [2.45, 2.75) is 18.8 Å². The number of aromatic nitrogens is 3. The molecule has 0 aliphatic carbocycles. The van der Waals surface area contributed by atoms with Crippen molar-refractivity contribution in [1.29, 1.82) is 5.26 Å². The third-order valence-corrected chi connectivity index (χ3v) is 5.85. The van der Waals surface area contributed by atoms with Crippen molar-refractivity contribution < 1.29 is 9.53 Å². The van der Waals surface area contributed by atoms with E-state index in [1.54, 1.807) is 42.4 Å². The van der Waals surface area contributed by atoms with Crippen LogP contribution in [0.1, 0.15) is 34.7 Å². The van der Waals surface area contributed by atoms with Crippen molar-refractivity contribution in [2.24, 2.45) is 0 Å². The first-order valence-electron chi connectivity index (χ1n) is 10.9. The van der Waals surface area contributed by atoms with Crippen LogP contribution in [0.2, 0.25) is 0 Å². The van der Waals surface area contributed by atoms with Gasteiger partial charge in [0.1, 0.15) is 18.1 Å². The van der Waals surface area contributed by atoms with Crippen LogP contribution in [0.15, 0.2) is 48.9 Å². The number of benzene rings is 1. The molecule has 0 unspecified atom stereocenters. The van der Waals surface area contributed by atoms with Gasteiger partial charge in [0.05, 0.1) is 24.4 Å². The number of carbonyl (C=O) groups excluding carboxylic acids is 1. The molecule has 9 heteroatoms. The van der Waals surface area contributed by atoms with E-state index in [4.69, 9.17) is 10.00 Å². The minimum atomic E-state index is -0.308. The van der Waals surface area contributed by atoms with Gasteiger partial charge in [0.25, 0.3) is 5.91 Å². The van der Waals surface area contributed by atoms with E-state index in [1.165, 1.54) is 5.56 Å². The maximum Gasteiger partial charge on any atom is 0.253 e. The van der Waals surface area contributed by atoms with Gasteiger partial charge >= 0.3 is 0 Å². The number of amides is 1. The number of likely N-dealkylation sites (tertiary alicyclic amines) is 1. The maximum atomic E-state index is 12.0. The van der Waals surface area contributed by atoms with Crippen LogP contribution in [0.25, 0.3) is 5.82 Å². The Morgan fingerprint density at radius 3 is 2.85 bits per heavy atom. The van der Waals surface area contributed by atoms with Gasteiger partial charge in [-0.1, -0.05) is 6.07 Å². The van der Waals surface area contributed by atoms with Gasteiger partial charge in [-0.25, -0.2) is 4.98 Å². The van der Waals surface area contributed by atoms with Gasteiger partial charge in [0, 0.05) is 18.6 Å². The van der Waals surface area contributed by atoms with Crippen molar-refractivity contribution in [1.82, 2.24) is 24.8 Å². The van der Waals surface area contributed by atoms with Crippen molar-refractivity contribution >= 4 is 17.5 Å². The van der Waals surface area contributed by atoms with Gasteiger partial charge in [0.15, 0.2) is 0 Å². The summed E-state index contributed by atoms with van der Waals surface area (Å²) >= 11 is 0. The molecule has 3 heterocycles. The van der Waals surface area contributed by atoms with Gasteiger partial charge in [0.2, 0.25) is 5.95 Å². The van der Waals surface area contributed by atoms with Gasteiger partial charge in [-0.3, -0.25) is 4.79 Å². The minimum Gasteiger partial charge on any atom is -0.495 e. The molecule has 170 valence electrons. The molecule has 1 aliphatic heterocycles. The monoisotopic (exact) mass is 445 g/mol. The van der Waals surface area contributed by atoms with E-state index in [1.807, 2.05) is 12.1 Å². The Bertz CT molecular complexity index is 1160. The molecule has 1 fully saturated rings. The molecule has 0 saturated carbocycles. The van der Waals surface area contributed by atoms with Gasteiger partial charge in [-0.2, -0.15) is 10.2 Å². The number of hydrogen-bond donors (Lipinski definition) is 2. The smallest absolute Gasteiger partial charge is 0.253 e. The van der Waals surface area contributed by atoms with E-state index in [2.05, 4.69) is 44.7 Å². The van der Waals surface area contributed by atoms with E-state index in [9.17, 15) is 4.79 Å². The van der Waals surface area contributed by atoms with Crippen LogP contribution in [-0.4, -0.2) is 59.1 Å². The van der Waals surface area contributed by atoms with Gasteiger partial charge in [-0.05, 0) is 68.7 Å². The molecule has 1 aromatic carbocycles. The molecule has 9 nitrogen and oxygen atoms in total. The van der Waals surface area contributed by atoms with Crippen molar-refractivity contribution in [3.8, 4) is 17.6 Å². The average molecular weight is 446 g/mol. The molecule has 1 aliphatic rings. The Hall–Kier alpha value is -3.90. The predicted molar refractivity (Wildman–Crippen MR) is 125 cm³/mol. The quantitative estimate of drug-likeness (QED) is 0.538. The Balaban J connectivity index is 1.50. The van der Waals surface area contributed by atoms with Crippen LogP contribution in [-0.2, 0) is 0 Å². The summed E-state index contributed by atoms with van der Waals surface area (Å²) in [7, 11) is 3.82. The molecule has 1 saturated heterocycles. The lowest BCUT2D eigenvalue weighted by molar-refractivity contribution is 0.0958. The second kappa shape index (κ2) is 10.1. The number of ether oxygens (including phenoxy) is 1. The first kappa shape index (κ1) is 22.3. The Labute approximate surface area is 193 Å². The number of hydrogen-bond acceptors (Lipinski definition) is 7. The molecule has 0 bridgehead atoms. The lowest BCUT2D eigenvalue weighted by Crippen LogP contribution is -2.29. The van der Waals surface area contributed by atoms with Crippen LogP contribution < -0.4 is 15.4 Å². The SMILES string of the molecule is COc1cc(C2CCN(C)CC2)ccc1Nc1nccc(-n2ccc(C(=O)NCC#N)c2)n1. The summed E-state index contributed by atoms with van der Waals surface area (Å²) in [6.45, 7) is 2.17. The third-order valence-electron chi connectivity index (χ3n) is 5.85. The molecule has 33 heavy (non-hydrogen) atoms. The van der Waals surface area contributed by atoms with E-state index >= 15 is 0 Å². The molecule has 3 aromatic rings. The van der Waals surface area contributed by atoms with Crippen LogP contribution in [0, 0.1) is 11.3 Å². The Morgan fingerprint density at radius 2 is 2.09 bits per heavy atom.